The van der Waals surface area contributed by atoms with E-state index in [1.165, 1.54) is 11.3 Å². The predicted octanol–water partition coefficient (Wildman–Crippen LogP) is 7.66. The molecule has 2 N–H and O–H groups in total. The van der Waals surface area contributed by atoms with E-state index in [2.05, 4.69) is 77.6 Å². The van der Waals surface area contributed by atoms with Gasteiger partial charge in [-0.3, -0.25) is 9.52 Å². The highest BCUT2D eigenvalue weighted by Gasteiger charge is 2.28. The number of nitrogens with one attached hydrogen (secondary N) is 2. The Bertz CT molecular complexity index is 1520. The number of piperazine rings is 1. The topological polar surface area (TPSA) is 47.6 Å². The summed E-state index contributed by atoms with van der Waals surface area (Å²) in [6, 6.07) is 16.1. The van der Waals surface area contributed by atoms with E-state index in [9.17, 15) is 4.79 Å². The van der Waals surface area contributed by atoms with Crippen LogP contribution >= 0.6 is 32.3 Å². The summed E-state index contributed by atoms with van der Waals surface area (Å²) in [6.07, 6.45) is 1.71. The van der Waals surface area contributed by atoms with Crippen LogP contribution in [0, 0.1) is 12.8 Å². The third-order valence-corrected chi connectivity index (χ3v) is 11.3. The number of halogens is 1. The van der Waals surface area contributed by atoms with Gasteiger partial charge in [0.25, 0.3) is 5.91 Å². The van der Waals surface area contributed by atoms with Gasteiger partial charge in [0.15, 0.2) is 0 Å². The maximum Gasteiger partial charge on any atom is 0.261 e. The fraction of sp³-hybridized carbons (Fsp3) is 0.382. The average molecular weight is 625 g/mol. The van der Waals surface area contributed by atoms with Gasteiger partial charge in [-0.25, -0.2) is 0 Å². The van der Waals surface area contributed by atoms with E-state index in [4.69, 9.17) is 11.6 Å². The van der Waals surface area contributed by atoms with Crippen LogP contribution in [0.3, 0.4) is 0 Å². The van der Waals surface area contributed by atoms with Crippen LogP contribution in [0.5, 0.6) is 0 Å². The number of nitrogens with zero attached hydrogens (tertiary/aromatic N) is 2. The van der Waals surface area contributed by atoms with Crippen molar-refractivity contribution >= 4 is 60.1 Å². The minimum absolute atomic E-state index is 0.0344. The Balaban J connectivity index is 1.38. The molecule has 0 unspecified atom stereocenters. The highest BCUT2D eigenvalue weighted by atomic mass is 35.5. The molecule has 0 aliphatic carbocycles. The molecule has 1 saturated heterocycles. The number of thiophene rings is 1. The van der Waals surface area contributed by atoms with Crippen molar-refractivity contribution < 1.29 is 4.79 Å². The molecule has 1 fully saturated rings. The summed E-state index contributed by atoms with van der Waals surface area (Å²) in [4.78, 5) is 19.7. The Morgan fingerprint density at radius 3 is 2.19 bits per heavy atom. The lowest BCUT2D eigenvalue weighted by atomic mass is 10.00. The second kappa shape index (κ2) is 13.7. The van der Waals surface area contributed by atoms with Gasteiger partial charge in [0.1, 0.15) is 0 Å². The molecule has 42 heavy (non-hydrogen) atoms. The number of rotatable bonds is 12. The van der Waals surface area contributed by atoms with Crippen molar-refractivity contribution in [3.05, 3.63) is 88.5 Å². The molecule has 1 aromatic heterocycles. The number of carbonyl (C=O) groups excluding carboxylic acids is 1. The summed E-state index contributed by atoms with van der Waals surface area (Å²) in [5, 5.41) is 5.10. The molecular formula is C34H45ClN4OS2. The molecule has 2 atom stereocenters. The maximum absolute atomic E-state index is 13.3. The zero-order valence-electron chi connectivity index (χ0n) is 25.4. The summed E-state index contributed by atoms with van der Waals surface area (Å²) in [5.74, 6) is 9.27. The summed E-state index contributed by atoms with van der Waals surface area (Å²) in [5.41, 5.74) is 3.14. The Morgan fingerprint density at radius 1 is 1.00 bits per heavy atom. The second-order valence-corrected chi connectivity index (χ2v) is 15.6. The van der Waals surface area contributed by atoms with Crippen LogP contribution in [0.2, 0.25) is 5.02 Å². The van der Waals surface area contributed by atoms with Crippen molar-refractivity contribution in [1.82, 2.24) is 19.8 Å². The summed E-state index contributed by atoms with van der Waals surface area (Å²) < 4.78 is 4.82. The summed E-state index contributed by atoms with van der Waals surface area (Å²) >= 11 is 8.12. The van der Waals surface area contributed by atoms with Crippen LogP contribution in [0.1, 0.15) is 48.8 Å². The van der Waals surface area contributed by atoms with Gasteiger partial charge >= 0.3 is 0 Å². The van der Waals surface area contributed by atoms with Crippen LogP contribution in [-0.2, 0) is 0 Å². The van der Waals surface area contributed by atoms with Gasteiger partial charge in [0.2, 0.25) is 0 Å². The van der Waals surface area contributed by atoms with Crippen LogP contribution in [-0.4, -0.2) is 65.7 Å². The van der Waals surface area contributed by atoms with E-state index in [0.29, 0.717) is 10.9 Å². The van der Waals surface area contributed by atoms with Gasteiger partial charge in [0, 0.05) is 47.2 Å². The molecule has 2 heterocycles. The molecule has 1 amide bonds. The van der Waals surface area contributed by atoms with Gasteiger partial charge in [0.05, 0.1) is 22.0 Å². The molecule has 2 aromatic carbocycles. The van der Waals surface area contributed by atoms with Crippen LogP contribution < -0.4 is 10.0 Å². The third kappa shape index (κ3) is 7.62. The Morgan fingerprint density at radius 2 is 1.62 bits per heavy atom. The lowest BCUT2D eigenvalue weighted by Gasteiger charge is -2.43. The van der Waals surface area contributed by atoms with Gasteiger partial charge in [-0.15, -0.1) is 20.7 Å². The zero-order chi connectivity index (χ0) is 30.6. The predicted molar refractivity (Wildman–Crippen MR) is 187 cm³/mol. The van der Waals surface area contributed by atoms with E-state index in [1.54, 1.807) is 0 Å². The molecule has 0 spiro atoms. The normalized spacial score (nSPS) is 15.6. The monoisotopic (exact) mass is 624 g/mol. The first-order valence-corrected chi connectivity index (χ1v) is 17.8. The zero-order valence-corrected chi connectivity index (χ0v) is 27.8. The van der Waals surface area contributed by atoms with Crippen molar-refractivity contribution in [2.24, 2.45) is 5.92 Å². The number of carbonyl (C=O) groups is 1. The molecule has 0 saturated carbocycles. The highest BCUT2D eigenvalue weighted by molar-refractivity contribution is 8.26. The third-order valence-electron chi connectivity index (χ3n) is 7.84. The fourth-order valence-electron chi connectivity index (χ4n) is 5.44. The van der Waals surface area contributed by atoms with Crippen LogP contribution in [0.4, 0.5) is 0 Å². The number of fused-ring (bicyclic) bond motifs is 1. The Hall–Kier alpha value is -2.71. The first kappa shape index (κ1) is 32.2. The lowest BCUT2D eigenvalue weighted by Crippen LogP contribution is -2.51. The molecule has 5 nitrogen and oxygen atoms in total. The first-order valence-electron chi connectivity index (χ1n) is 14.6. The Kier molecular flexibility index (Phi) is 10.5. The SMILES string of the molecule is C=C([C@H](CC(C)C)NC(=O)c1cc2ccccc2s1)N1CCN(C(=C)[C@H](CC)NS(=C)(=C)c2ccc(C)cc2Cl)CC1. The quantitative estimate of drug-likeness (QED) is 0.203. The number of benzene rings is 2. The lowest BCUT2D eigenvalue weighted by molar-refractivity contribution is 0.0930. The van der Waals surface area contributed by atoms with Crippen molar-refractivity contribution in [3.63, 3.8) is 0 Å². The molecule has 226 valence electrons. The molecule has 0 bridgehead atoms. The van der Waals surface area contributed by atoms with Crippen molar-refractivity contribution in [2.75, 3.05) is 26.2 Å². The number of amides is 1. The van der Waals surface area contributed by atoms with E-state index >= 15 is 0 Å². The molecule has 3 aromatic rings. The standard InChI is InChI=1S/C34H45ClN4OS2/c1-9-29(37-42(7,8)33-15-14-24(4)21-28(33)35)25(5)38-16-18-39(19-17-38)26(6)30(20-23(2)3)36-34(40)32-22-27-12-10-11-13-31(27)41-32/h10-15,21-23,29-30,37H,5-9,16-20H2,1-4H3,(H,36,40)/t29-,30-/m0/s1. The molecule has 0 radical (unpaired) electrons. The minimum Gasteiger partial charge on any atom is -0.370 e. The van der Waals surface area contributed by atoms with Crippen LogP contribution in [0.15, 0.2) is 78.0 Å². The molecule has 4 rings (SSSR count). The van der Waals surface area contributed by atoms with Crippen molar-refractivity contribution in [2.45, 2.75) is 57.5 Å². The van der Waals surface area contributed by atoms with Gasteiger partial charge in [-0.2, -0.15) is 0 Å². The Labute approximate surface area is 261 Å². The molecular weight excluding hydrogens is 580 g/mol. The van der Waals surface area contributed by atoms with E-state index in [0.717, 1.165) is 75.8 Å². The molecule has 8 heteroatoms. The number of hydrogen-bond donors (Lipinski definition) is 2. The number of hydrogen-bond acceptors (Lipinski definition) is 5. The highest BCUT2D eigenvalue weighted by Crippen LogP contribution is 2.36. The fourth-order valence-corrected chi connectivity index (χ4v) is 8.82. The van der Waals surface area contributed by atoms with Crippen molar-refractivity contribution in [1.29, 1.82) is 0 Å². The molecule has 1 aliphatic rings. The van der Waals surface area contributed by atoms with E-state index in [1.807, 2.05) is 43.3 Å². The van der Waals surface area contributed by atoms with Gasteiger partial charge in [-0.05, 0) is 60.9 Å². The molecule has 1 aliphatic heterocycles. The summed E-state index contributed by atoms with van der Waals surface area (Å²) in [6.45, 7) is 20.8. The van der Waals surface area contributed by atoms with E-state index in [-0.39, 0.29) is 18.0 Å². The first-order chi connectivity index (χ1) is 19.9. The summed E-state index contributed by atoms with van der Waals surface area (Å²) in [7, 11) is -1.83. The minimum atomic E-state index is -1.83. The average Bonchev–Trinajstić information content (AvgIpc) is 3.39. The largest absolute Gasteiger partial charge is 0.370 e. The second-order valence-electron chi connectivity index (χ2n) is 11.7. The van der Waals surface area contributed by atoms with Crippen LogP contribution in [0.25, 0.3) is 10.1 Å². The van der Waals surface area contributed by atoms with Crippen molar-refractivity contribution in [3.8, 4) is 0 Å². The number of aryl methyl sites for hydroxylation is 1. The maximum atomic E-state index is 13.3. The van der Waals surface area contributed by atoms with Gasteiger partial charge in [-0.1, -0.05) is 81.5 Å². The van der Waals surface area contributed by atoms with Gasteiger partial charge < -0.3 is 15.1 Å². The van der Waals surface area contributed by atoms with E-state index < -0.39 is 9.39 Å². The smallest absolute Gasteiger partial charge is 0.261 e.